The number of rotatable bonds is 7. The molecular weight excluding hydrogens is 278 g/mol. The average Bonchev–Trinajstić information content (AvgIpc) is 2.37. The lowest BCUT2D eigenvalue weighted by Gasteiger charge is -2.12. The van der Waals surface area contributed by atoms with Crippen LogP contribution in [-0.2, 0) is 4.79 Å². The van der Waals surface area contributed by atoms with Gasteiger partial charge in [0.15, 0.2) is 11.6 Å². The van der Waals surface area contributed by atoms with E-state index in [1.807, 2.05) is 0 Å². The number of ether oxygens (including phenoxy) is 1. The zero-order chi connectivity index (χ0) is 15.3. The van der Waals surface area contributed by atoms with E-state index in [1.54, 1.807) is 0 Å². The molecule has 0 bridgehead atoms. The fraction of sp³-hybridized carbons (Fsp3) is 0.364. The van der Waals surface area contributed by atoms with Crippen LogP contribution in [0.5, 0.6) is 5.75 Å². The van der Waals surface area contributed by atoms with Gasteiger partial charge in [-0.15, -0.1) is 0 Å². The van der Waals surface area contributed by atoms with Gasteiger partial charge in [0.2, 0.25) is 5.82 Å². The topological polar surface area (TPSA) is 102 Å². The van der Waals surface area contributed by atoms with E-state index in [-0.39, 0.29) is 13.0 Å². The van der Waals surface area contributed by atoms with Crippen LogP contribution >= 0.6 is 0 Å². The Morgan fingerprint density at radius 1 is 1.50 bits per heavy atom. The number of nitrogens with zero attached hydrogens (tertiary/aromatic N) is 1. The fourth-order valence-electron chi connectivity index (χ4n) is 1.45. The molecule has 0 aromatic heterocycles. The summed E-state index contributed by atoms with van der Waals surface area (Å²) in [6.45, 7) is -0.189. The van der Waals surface area contributed by atoms with Gasteiger partial charge in [-0.2, -0.15) is 4.39 Å². The summed E-state index contributed by atoms with van der Waals surface area (Å²) in [4.78, 5) is 20.0. The van der Waals surface area contributed by atoms with E-state index in [0.29, 0.717) is 12.1 Å². The molecule has 7 nitrogen and oxygen atoms in total. The number of carboxylic acids is 1. The molecule has 20 heavy (non-hydrogen) atoms. The molecule has 0 aliphatic heterocycles. The molecule has 0 fully saturated rings. The summed E-state index contributed by atoms with van der Waals surface area (Å²) < 4.78 is 31.6. The van der Waals surface area contributed by atoms with Gasteiger partial charge >= 0.3 is 11.7 Å². The molecule has 1 unspecified atom stereocenters. The fourth-order valence-corrected chi connectivity index (χ4v) is 1.45. The van der Waals surface area contributed by atoms with Crippen LogP contribution in [0.2, 0.25) is 0 Å². The molecule has 0 saturated heterocycles. The Kier molecular flexibility index (Phi) is 5.32. The van der Waals surface area contributed by atoms with Gasteiger partial charge in [0, 0.05) is 12.5 Å². The van der Waals surface area contributed by atoms with Crippen molar-refractivity contribution < 1.29 is 28.3 Å². The Morgan fingerprint density at radius 2 is 2.15 bits per heavy atom. The number of hydrogen-bond donors (Lipinski definition) is 2. The van der Waals surface area contributed by atoms with Gasteiger partial charge < -0.3 is 15.2 Å². The zero-order valence-corrected chi connectivity index (χ0v) is 10.4. The van der Waals surface area contributed by atoms with Crippen LogP contribution in [0, 0.1) is 21.7 Å². The molecule has 0 spiro atoms. The molecular formula is C11H12F2N2O5. The molecule has 0 amide bonds. The van der Waals surface area contributed by atoms with E-state index in [0.717, 1.165) is 0 Å². The number of halogens is 2. The summed E-state index contributed by atoms with van der Waals surface area (Å²) >= 11 is 0. The largest absolute Gasteiger partial charge is 0.490 e. The van der Waals surface area contributed by atoms with Crippen LogP contribution in [0.15, 0.2) is 12.1 Å². The van der Waals surface area contributed by atoms with E-state index in [2.05, 4.69) is 5.32 Å². The first kappa shape index (κ1) is 15.8. The van der Waals surface area contributed by atoms with Gasteiger partial charge in [-0.05, 0) is 7.05 Å². The van der Waals surface area contributed by atoms with Gasteiger partial charge in [0.05, 0.1) is 17.6 Å². The second-order valence-electron chi connectivity index (χ2n) is 3.81. The Hall–Kier alpha value is -2.29. The van der Waals surface area contributed by atoms with Crippen LogP contribution in [0.4, 0.5) is 14.5 Å². The minimum Gasteiger partial charge on any atom is -0.490 e. The summed E-state index contributed by atoms with van der Waals surface area (Å²) in [6, 6.07) is 0.0842. The van der Waals surface area contributed by atoms with Crippen molar-refractivity contribution >= 4 is 11.7 Å². The lowest BCUT2D eigenvalue weighted by atomic mass is 10.2. The molecule has 0 aliphatic carbocycles. The Labute approximate surface area is 112 Å². The molecule has 1 aromatic rings. The standard InChI is InChI=1S/C11H12F2N2O5/c1-14-8(11(16)17)2-3-20-10-5-6(12)9(15(18)19)4-7(10)13/h4-5,8,14H,2-3H2,1H3,(H,16,17). The number of hydrogen-bond acceptors (Lipinski definition) is 5. The second-order valence-corrected chi connectivity index (χ2v) is 3.81. The van der Waals surface area contributed by atoms with E-state index < -0.39 is 40.0 Å². The lowest BCUT2D eigenvalue weighted by Crippen LogP contribution is -2.35. The van der Waals surface area contributed by atoms with Gasteiger partial charge in [-0.3, -0.25) is 14.9 Å². The third-order valence-corrected chi connectivity index (χ3v) is 2.51. The number of carbonyl (C=O) groups is 1. The lowest BCUT2D eigenvalue weighted by molar-refractivity contribution is -0.387. The van der Waals surface area contributed by atoms with Crippen LogP contribution in [0.25, 0.3) is 0 Å². The van der Waals surface area contributed by atoms with E-state index in [1.165, 1.54) is 7.05 Å². The first-order valence-corrected chi connectivity index (χ1v) is 5.53. The van der Waals surface area contributed by atoms with Crippen LogP contribution < -0.4 is 10.1 Å². The highest BCUT2D eigenvalue weighted by atomic mass is 19.1. The van der Waals surface area contributed by atoms with Crippen molar-refractivity contribution in [3.05, 3.63) is 33.9 Å². The predicted molar refractivity (Wildman–Crippen MR) is 63.6 cm³/mol. The summed E-state index contributed by atoms with van der Waals surface area (Å²) in [7, 11) is 1.44. The highest BCUT2D eigenvalue weighted by molar-refractivity contribution is 5.73. The van der Waals surface area contributed by atoms with Crippen LogP contribution in [0.1, 0.15) is 6.42 Å². The molecule has 0 radical (unpaired) electrons. The van der Waals surface area contributed by atoms with Crippen molar-refractivity contribution in [2.75, 3.05) is 13.7 Å². The molecule has 1 aromatic carbocycles. The SMILES string of the molecule is CNC(CCOc1cc(F)c([N+](=O)[O-])cc1F)C(=O)O. The van der Waals surface area contributed by atoms with Gasteiger partial charge in [0.1, 0.15) is 6.04 Å². The van der Waals surface area contributed by atoms with Gasteiger partial charge in [-0.25, -0.2) is 4.39 Å². The minimum absolute atomic E-state index is 0.0177. The number of benzene rings is 1. The molecule has 1 atom stereocenters. The van der Waals surface area contributed by atoms with Crippen molar-refractivity contribution in [2.45, 2.75) is 12.5 Å². The third-order valence-electron chi connectivity index (χ3n) is 2.51. The minimum atomic E-state index is -1.23. The highest BCUT2D eigenvalue weighted by Crippen LogP contribution is 2.26. The average molecular weight is 290 g/mol. The third kappa shape index (κ3) is 3.85. The molecule has 0 saturated carbocycles. The van der Waals surface area contributed by atoms with Crippen LogP contribution in [-0.4, -0.2) is 35.7 Å². The maximum absolute atomic E-state index is 13.4. The summed E-state index contributed by atoms with van der Waals surface area (Å²) in [5.41, 5.74) is -0.992. The quantitative estimate of drug-likeness (QED) is 0.580. The number of carboxylic acid groups (broad SMARTS) is 1. The van der Waals surface area contributed by atoms with Gasteiger partial charge in [0.25, 0.3) is 0 Å². The number of nitrogens with one attached hydrogen (secondary N) is 1. The Morgan fingerprint density at radius 3 is 2.65 bits per heavy atom. The van der Waals surface area contributed by atoms with Crippen molar-refractivity contribution in [3.8, 4) is 5.75 Å². The number of nitro groups is 1. The summed E-state index contributed by atoms with van der Waals surface area (Å²) in [5, 5.41) is 21.6. The van der Waals surface area contributed by atoms with Crippen molar-refractivity contribution in [1.29, 1.82) is 0 Å². The van der Waals surface area contributed by atoms with Crippen molar-refractivity contribution in [3.63, 3.8) is 0 Å². The van der Waals surface area contributed by atoms with Gasteiger partial charge in [-0.1, -0.05) is 0 Å². The van der Waals surface area contributed by atoms with E-state index in [4.69, 9.17) is 9.84 Å². The maximum Gasteiger partial charge on any atom is 0.320 e. The first-order chi connectivity index (χ1) is 9.36. The molecule has 9 heteroatoms. The first-order valence-electron chi connectivity index (χ1n) is 5.53. The predicted octanol–water partition coefficient (Wildman–Crippen LogP) is 1.31. The number of likely N-dealkylation sites (N-methyl/N-ethyl adjacent to an activating group) is 1. The van der Waals surface area contributed by atoms with Crippen molar-refractivity contribution in [1.82, 2.24) is 5.32 Å². The second kappa shape index (κ2) is 6.75. The highest BCUT2D eigenvalue weighted by Gasteiger charge is 2.20. The van der Waals surface area contributed by atoms with Crippen molar-refractivity contribution in [2.24, 2.45) is 0 Å². The number of nitro benzene ring substituents is 1. The maximum atomic E-state index is 13.4. The smallest absolute Gasteiger partial charge is 0.320 e. The summed E-state index contributed by atoms with van der Waals surface area (Å²) in [6.07, 6.45) is 0.0177. The number of aliphatic carboxylic acids is 1. The molecule has 2 N–H and O–H groups in total. The molecule has 0 aliphatic rings. The molecule has 0 heterocycles. The molecule has 1 rings (SSSR count). The Balaban J connectivity index is 2.72. The molecule has 110 valence electrons. The zero-order valence-electron chi connectivity index (χ0n) is 10.4. The Bertz CT molecular complexity index is 524. The summed E-state index contributed by atoms with van der Waals surface area (Å²) in [5.74, 6) is -3.93. The van der Waals surface area contributed by atoms with Crippen LogP contribution in [0.3, 0.4) is 0 Å². The monoisotopic (exact) mass is 290 g/mol. The van der Waals surface area contributed by atoms with E-state index in [9.17, 15) is 23.7 Å². The van der Waals surface area contributed by atoms with E-state index >= 15 is 0 Å². The normalized spacial score (nSPS) is 11.9.